The summed E-state index contributed by atoms with van der Waals surface area (Å²) in [5.41, 5.74) is 0.522. The molecule has 0 unspecified atom stereocenters. The molecule has 0 saturated carbocycles. The first kappa shape index (κ1) is 16.1. The molecule has 1 N–H and O–H groups in total. The molecule has 1 aromatic rings. The summed E-state index contributed by atoms with van der Waals surface area (Å²) < 4.78 is 1.69. The lowest BCUT2D eigenvalue weighted by atomic mass is 10.2. The monoisotopic (exact) mass is 286 g/mol. The molecule has 0 atom stereocenters. The Morgan fingerprint density at radius 1 is 1.53 bits per heavy atom. The number of ketones is 1. The lowest BCUT2D eigenvalue weighted by Crippen LogP contribution is -2.26. The predicted octanol–water partition coefficient (Wildman–Crippen LogP) is 1.67. The highest BCUT2D eigenvalue weighted by Crippen LogP contribution is 2.16. The van der Waals surface area contributed by atoms with Gasteiger partial charge in [0.2, 0.25) is 0 Å². The zero-order valence-electron chi connectivity index (χ0n) is 12.1. The van der Waals surface area contributed by atoms with Crippen LogP contribution in [-0.2, 0) is 6.54 Å². The van der Waals surface area contributed by atoms with Crippen LogP contribution in [0, 0.1) is 0 Å². The van der Waals surface area contributed by atoms with E-state index in [2.05, 4.69) is 24.3 Å². The Bertz CT molecular complexity index is 415. The van der Waals surface area contributed by atoms with Gasteiger partial charge in [-0.1, -0.05) is 25.4 Å². The van der Waals surface area contributed by atoms with Gasteiger partial charge in [-0.05, 0) is 14.1 Å². The van der Waals surface area contributed by atoms with Crippen molar-refractivity contribution in [1.82, 2.24) is 20.0 Å². The summed E-state index contributed by atoms with van der Waals surface area (Å²) in [5.74, 6) is 0.0365. The van der Waals surface area contributed by atoms with E-state index in [-0.39, 0.29) is 5.78 Å². The first-order valence-corrected chi connectivity index (χ1v) is 6.92. The molecule has 108 valence electrons. The highest BCUT2D eigenvalue weighted by molar-refractivity contribution is 6.33. The average Bonchev–Trinajstić information content (AvgIpc) is 2.67. The number of Topliss-reactive ketones (excluding diaryl/α,β-unsaturated/α-hetero) is 1. The van der Waals surface area contributed by atoms with Crippen LogP contribution in [0.5, 0.6) is 0 Å². The van der Waals surface area contributed by atoms with Crippen LogP contribution >= 0.6 is 11.6 Å². The first-order chi connectivity index (χ1) is 8.91. The van der Waals surface area contributed by atoms with Crippen LogP contribution in [0.3, 0.4) is 0 Å². The maximum Gasteiger partial charge on any atom is 0.183 e. The second kappa shape index (κ2) is 7.62. The molecular formula is C13H23ClN4O. The Labute approximate surface area is 119 Å². The van der Waals surface area contributed by atoms with Crippen molar-refractivity contribution >= 4 is 17.4 Å². The molecule has 0 aromatic carbocycles. The van der Waals surface area contributed by atoms with Gasteiger partial charge in [-0.25, -0.2) is 0 Å². The summed E-state index contributed by atoms with van der Waals surface area (Å²) in [7, 11) is 3.97. The lowest BCUT2D eigenvalue weighted by Gasteiger charge is -2.12. The van der Waals surface area contributed by atoms with Gasteiger partial charge in [-0.2, -0.15) is 5.10 Å². The number of hydrogen-bond donors (Lipinski definition) is 1. The highest BCUT2D eigenvalue weighted by atomic mass is 35.5. The maximum atomic E-state index is 12.2. The fraction of sp³-hybridized carbons (Fsp3) is 0.692. The SMILES string of the molecule is CC(C)NCCC(=O)c1c(Cl)cnn1CCN(C)C. The predicted molar refractivity (Wildman–Crippen MR) is 77.9 cm³/mol. The van der Waals surface area contributed by atoms with Crippen LogP contribution in [0.25, 0.3) is 0 Å². The Morgan fingerprint density at radius 2 is 2.21 bits per heavy atom. The molecule has 5 nitrogen and oxygen atoms in total. The van der Waals surface area contributed by atoms with Crippen molar-refractivity contribution in [3.05, 3.63) is 16.9 Å². The van der Waals surface area contributed by atoms with E-state index < -0.39 is 0 Å². The molecule has 1 rings (SSSR count). The standard InChI is InChI=1S/C13H23ClN4O/c1-10(2)15-6-5-12(19)13-11(14)9-16-18(13)8-7-17(3)4/h9-10,15H,5-8H2,1-4H3. The van der Waals surface area contributed by atoms with Crippen LogP contribution in [0.2, 0.25) is 5.02 Å². The largest absolute Gasteiger partial charge is 0.314 e. The molecule has 0 aliphatic heterocycles. The second-order valence-electron chi connectivity index (χ2n) is 5.15. The molecule has 0 radical (unpaired) electrons. The molecule has 0 saturated heterocycles. The van der Waals surface area contributed by atoms with Crippen LogP contribution < -0.4 is 5.32 Å². The molecule has 0 aliphatic rings. The Balaban J connectivity index is 2.64. The normalized spacial score (nSPS) is 11.5. The van der Waals surface area contributed by atoms with E-state index in [0.717, 1.165) is 6.54 Å². The van der Waals surface area contributed by atoms with Crippen molar-refractivity contribution < 1.29 is 4.79 Å². The van der Waals surface area contributed by atoms with Crippen LogP contribution in [-0.4, -0.2) is 53.7 Å². The van der Waals surface area contributed by atoms with E-state index in [0.29, 0.717) is 36.3 Å². The zero-order valence-corrected chi connectivity index (χ0v) is 12.9. The maximum absolute atomic E-state index is 12.2. The number of nitrogens with zero attached hydrogens (tertiary/aromatic N) is 3. The van der Waals surface area contributed by atoms with E-state index in [9.17, 15) is 4.79 Å². The summed E-state index contributed by atoms with van der Waals surface area (Å²) in [6, 6.07) is 0.377. The Morgan fingerprint density at radius 3 is 2.79 bits per heavy atom. The smallest absolute Gasteiger partial charge is 0.183 e. The second-order valence-corrected chi connectivity index (χ2v) is 5.56. The molecule has 19 heavy (non-hydrogen) atoms. The third-order valence-electron chi connectivity index (χ3n) is 2.72. The molecule has 0 bridgehead atoms. The summed E-state index contributed by atoms with van der Waals surface area (Å²) in [5, 5.41) is 7.83. The van der Waals surface area contributed by atoms with Gasteiger partial charge < -0.3 is 10.2 Å². The van der Waals surface area contributed by atoms with Gasteiger partial charge in [0.25, 0.3) is 0 Å². The Kier molecular flexibility index (Phi) is 6.48. The molecule has 0 amide bonds. The summed E-state index contributed by atoms with van der Waals surface area (Å²) in [4.78, 5) is 14.2. The van der Waals surface area contributed by atoms with Crippen LogP contribution in [0.4, 0.5) is 0 Å². The van der Waals surface area contributed by atoms with Crippen molar-refractivity contribution in [1.29, 1.82) is 0 Å². The molecule has 0 spiro atoms. The molecule has 0 aliphatic carbocycles. The third kappa shape index (κ3) is 5.30. The van der Waals surface area contributed by atoms with E-state index in [1.807, 2.05) is 19.0 Å². The summed E-state index contributed by atoms with van der Waals surface area (Å²) in [6.45, 7) is 6.25. The quantitative estimate of drug-likeness (QED) is 0.739. The van der Waals surface area contributed by atoms with Crippen molar-refractivity contribution in [2.24, 2.45) is 0 Å². The van der Waals surface area contributed by atoms with Gasteiger partial charge in [0.05, 0.1) is 17.8 Å². The molecule has 0 fully saturated rings. The van der Waals surface area contributed by atoms with E-state index in [1.54, 1.807) is 10.9 Å². The van der Waals surface area contributed by atoms with Crippen molar-refractivity contribution in [2.45, 2.75) is 32.9 Å². The Hall–Kier alpha value is -0.910. The van der Waals surface area contributed by atoms with Gasteiger partial charge in [-0.3, -0.25) is 9.48 Å². The van der Waals surface area contributed by atoms with Crippen LogP contribution in [0.1, 0.15) is 30.8 Å². The fourth-order valence-corrected chi connectivity index (χ4v) is 1.94. The average molecular weight is 287 g/mol. The van der Waals surface area contributed by atoms with Gasteiger partial charge in [-0.15, -0.1) is 0 Å². The van der Waals surface area contributed by atoms with E-state index >= 15 is 0 Å². The topological polar surface area (TPSA) is 50.2 Å². The van der Waals surface area contributed by atoms with Gasteiger partial charge in [0, 0.05) is 25.6 Å². The van der Waals surface area contributed by atoms with E-state index in [4.69, 9.17) is 11.6 Å². The van der Waals surface area contributed by atoms with Crippen molar-refractivity contribution in [3.8, 4) is 0 Å². The summed E-state index contributed by atoms with van der Waals surface area (Å²) in [6.07, 6.45) is 1.98. The van der Waals surface area contributed by atoms with Gasteiger partial charge in [0.15, 0.2) is 5.78 Å². The first-order valence-electron chi connectivity index (χ1n) is 6.54. The number of aromatic nitrogens is 2. The van der Waals surface area contributed by atoms with E-state index in [1.165, 1.54) is 0 Å². The molecule has 1 aromatic heterocycles. The number of nitrogens with one attached hydrogen (secondary N) is 1. The number of carbonyl (C=O) groups excluding carboxylic acids is 1. The zero-order chi connectivity index (χ0) is 14.4. The van der Waals surface area contributed by atoms with Crippen molar-refractivity contribution in [3.63, 3.8) is 0 Å². The van der Waals surface area contributed by atoms with Crippen LogP contribution in [0.15, 0.2) is 6.20 Å². The minimum atomic E-state index is 0.0365. The number of carbonyl (C=O) groups is 1. The number of rotatable bonds is 8. The van der Waals surface area contributed by atoms with Gasteiger partial charge in [0.1, 0.15) is 5.69 Å². The minimum absolute atomic E-state index is 0.0365. The van der Waals surface area contributed by atoms with Gasteiger partial charge >= 0.3 is 0 Å². The third-order valence-corrected chi connectivity index (χ3v) is 3.00. The van der Waals surface area contributed by atoms with Crippen molar-refractivity contribution in [2.75, 3.05) is 27.2 Å². The highest BCUT2D eigenvalue weighted by Gasteiger charge is 2.17. The number of halogens is 1. The number of hydrogen-bond acceptors (Lipinski definition) is 4. The minimum Gasteiger partial charge on any atom is -0.314 e. The summed E-state index contributed by atoms with van der Waals surface area (Å²) >= 11 is 6.06. The fourth-order valence-electron chi connectivity index (χ4n) is 1.70. The molecule has 1 heterocycles. The molecule has 6 heteroatoms. The molecular weight excluding hydrogens is 264 g/mol. The lowest BCUT2D eigenvalue weighted by molar-refractivity contribution is 0.0971. The number of likely N-dealkylation sites (N-methyl/N-ethyl adjacent to an activating group) is 1.